The first-order chi connectivity index (χ1) is 9.63. The van der Waals surface area contributed by atoms with Crippen LogP contribution < -0.4 is 5.56 Å². The molecule has 0 aliphatic carbocycles. The maximum Gasteiger partial charge on any atom is 0.362 e. The molecule has 0 radical (unpaired) electrons. The van der Waals surface area contributed by atoms with Crippen molar-refractivity contribution in [3.63, 3.8) is 0 Å². The molecule has 2 heterocycles. The van der Waals surface area contributed by atoms with E-state index in [-0.39, 0.29) is 12.3 Å². The lowest BCUT2D eigenvalue weighted by molar-refractivity contribution is 0.0517. The van der Waals surface area contributed by atoms with Crippen LogP contribution in [0.2, 0.25) is 0 Å². The van der Waals surface area contributed by atoms with Crippen LogP contribution in [0.4, 0.5) is 0 Å². The lowest BCUT2D eigenvalue weighted by Crippen LogP contribution is -2.27. The number of aryl methyl sites for hydroxylation is 1. The Labute approximate surface area is 117 Å². The van der Waals surface area contributed by atoms with E-state index in [4.69, 9.17) is 4.74 Å². The Morgan fingerprint density at radius 2 is 2.15 bits per heavy atom. The second-order valence-corrected chi connectivity index (χ2v) is 4.64. The number of carbonyl (C=O) groups is 1. The molecule has 2 aromatic heterocycles. The minimum absolute atomic E-state index is 0.185. The van der Waals surface area contributed by atoms with Crippen molar-refractivity contribution in [3.8, 4) is 0 Å². The van der Waals surface area contributed by atoms with Crippen molar-refractivity contribution >= 4 is 39.8 Å². The molecule has 8 heteroatoms. The summed E-state index contributed by atoms with van der Waals surface area (Å²) in [6.45, 7) is 1.86. The topological polar surface area (TPSA) is 87.0 Å². The van der Waals surface area contributed by atoms with Crippen LogP contribution in [-0.2, 0) is 11.8 Å². The Hall–Kier alpha value is -2.35. The molecule has 0 spiro atoms. The quantitative estimate of drug-likeness (QED) is 0.657. The summed E-state index contributed by atoms with van der Waals surface area (Å²) in [5.41, 5.74) is 1.61. The van der Waals surface area contributed by atoms with Gasteiger partial charge in [0.05, 0.1) is 23.9 Å². The van der Waals surface area contributed by atoms with Crippen LogP contribution in [0.5, 0.6) is 0 Å². The summed E-state index contributed by atoms with van der Waals surface area (Å²) < 4.78 is 14.5. The van der Waals surface area contributed by atoms with E-state index in [0.29, 0.717) is 22.1 Å². The van der Waals surface area contributed by atoms with Crippen LogP contribution >= 0.6 is 11.7 Å². The Bertz CT molecular complexity index is 883. The highest BCUT2D eigenvalue weighted by Gasteiger charge is 2.19. The van der Waals surface area contributed by atoms with Gasteiger partial charge in [0.2, 0.25) is 5.69 Å². The molecule has 3 aromatic rings. The first-order valence-electron chi connectivity index (χ1n) is 5.92. The molecule has 0 unspecified atom stereocenters. The zero-order valence-electron chi connectivity index (χ0n) is 10.8. The molecule has 0 atom stereocenters. The number of hydrogen-bond donors (Lipinski definition) is 0. The standard InChI is InChI=1S/C12H10N4O3S/c1-3-19-12(18)10-11(17)16(2)7-5-4-6-8(9(7)13-10)15-20-14-6/h4-5H,3H2,1-2H3. The van der Waals surface area contributed by atoms with E-state index in [1.54, 1.807) is 26.1 Å². The predicted molar refractivity (Wildman–Crippen MR) is 73.9 cm³/mol. The van der Waals surface area contributed by atoms with E-state index in [1.165, 1.54) is 4.57 Å². The van der Waals surface area contributed by atoms with Crippen LogP contribution in [-0.4, -0.2) is 30.9 Å². The maximum atomic E-state index is 12.1. The molecular formula is C12H10N4O3S. The van der Waals surface area contributed by atoms with Gasteiger partial charge in [0.25, 0.3) is 5.56 Å². The van der Waals surface area contributed by atoms with Crippen LogP contribution in [0.15, 0.2) is 16.9 Å². The van der Waals surface area contributed by atoms with Crippen LogP contribution in [0.25, 0.3) is 22.1 Å². The van der Waals surface area contributed by atoms with Gasteiger partial charge in [-0.3, -0.25) is 4.79 Å². The minimum atomic E-state index is -0.727. The second-order valence-electron chi connectivity index (χ2n) is 4.11. The van der Waals surface area contributed by atoms with Gasteiger partial charge in [0.15, 0.2) is 0 Å². The van der Waals surface area contributed by atoms with Crippen molar-refractivity contribution < 1.29 is 9.53 Å². The van der Waals surface area contributed by atoms with E-state index in [0.717, 1.165) is 11.7 Å². The van der Waals surface area contributed by atoms with Gasteiger partial charge < -0.3 is 9.30 Å². The number of esters is 1. The summed E-state index contributed by atoms with van der Waals surface area (Å²) >= 11 is 1.06. The van der Waals surface area contributed by atoms with Gasteiger partial charge in [-0.25, -0.2) is 9.78 Å². The third-order valence-corrected chi connectivity index (χ3v) is 3.48. The molecule has 0 N–H and O–H groups in total. The molecule has 102 valence electrons. The lowest BCUT2D eigenvalue weighted by Gasteiger charge is -2.07. The SMILES string of the molecule is CCOC(=O)c1nc2c3nsnc3ccc2n(C)c1=O. The van der Waals surface area contributed by atoms with Crippen molar-refractivity contribution in [1.29, 1.82) is 0 Å². The molecule has 0 aliphatic heterocycles. The third kappa shape index (κ3) is 1.76. The fourth-order valence-corrected chi connectivity index (χ4v) is 2.51. The van der Waals surface area contributed by atoms with Gasteiger partial charge in [0, 0.05) is 7.05 Å². The van der Waals surface area contributed by atoms with Crippen molar-refractivity contribution in [2.45, 2.75) is 6.92 Å². The smallest absolute Gasteiger partial charge is 0.362 e. The predicted octanol–water partition coefficient (Wildman–Crippen LogP) is 1.11. The van der Waals surface area contributed by atoms with Crippen LogP contribution in [0.1, 0.15) is 17.4 Å². The largest absolute Gasteiger partial charge is 0.461 e. The van der Waals surface area contributed by atoms with E-state index < -0.39 is 11.5 Å². The molecule has 0 fully saturated rings. The molecule has 0 amide bonds. The molecule has 0 saturated carbocycles. The van der Waals surface area contributed by atoms with E-state index in [2.05, 4.69) is 13.7 Å². The molecule has 0 saturated heterocycles. The van der Waals surface area contributed by atoms with Crippen molar-refractivity contribution in [2.75, 3.05) is 6.61 Å². The summed E-state index contributed by atoms with van der Waals surface area (Å²) in [4.78, 5) is 28.1. The zero-order chi connectivity index (χ0) is 14.3. The highest BCUT2D eigenvalue weighted by Crippen LogP contribution is 2.21. The maximum absolute atomic E-state index is 12.1. The van der Waals surface area contributed by atoms with E-state index in [9.17, 15) is 9.59 Å². The average molecular weight is 290 g/mol. The van der Waals surface area contributed by atoms with Gasteiger partial charge in [-0.15, -0.1) is 0 Å². The van der Waals surface area contributed by atoms with E-state index >= 15 is 0 Å². The summed E-state index contributed by atoms with van der Waals surface area (Å²) in [6, 6.07) is 3.51. The van der Waals surface area contributed by atoms with Crippen LogP contribution in [0.3, 0.4) is 0 Å². The number of nitrogens with zero attached hydrogens (tertiary/aromatic N) is 4. The Morgan fingerprint density at radius 1 is 1.35 bits per heavy atom. The summed E-state index contributed by atoms with van der Waals surface area (Å²) in [6.07, 6.45) is 0. The minimum Gasteiger partial charge on any atom is -0.461 e. The summed E-state index contributed by atoms with van der Waals surface area (Å²) in [5, 5.41) is 0. The van der Waals surface area contributed by atoms with Gasteiger partial charge in [-0.05, 0) is 19.1 Å². The average Bonchev–Trinajstić information content (AvgIpc) is 2.91. The third-order valence-electron chi connectivity index (χ3n) is 2.94. The van der Waals surface area contributed by atoms with Gasteiger partial charge >= 0.3 is 5.97 Å². The molecule has 3 rings (SSSR count). The Kier molecular flexibility index (Phi) is 2.94. The van der Waals surface area contributed by atoms with Gasteiger partial charge in [-0.1, -0.05) is 0 Å². The highest BCUT2D eigenvalue weighted by molar-refractivity contribution is 7.00. The number of fused-ring (bicyclic) bond motifs is 3. The Balaban J connectivity index is 2.40. The van der Waals surface area contributed by atoms with Crippen molar-refractivity contribution in [3.05, 3.63) is 28.2 Å². The zero-order valence-corrected chi connectivity index (χ0v) is 11.6. The molecule has 0 bridgehead atoms. The van der Waals surface area contributed by atoms with Gasteiger partial charge in [0.1, 0.15) is 16.6 Å². The molecule has 1 aromatic carbocycles. The normalized spacial score (nSPS) is 11.1. The number of aromatic nitrogens is 4. The fraction of sp³-hybridized carbons (Fsp3) is 0.250. The Morgan fingerprint density at radius 3 is 2.90 bits per heavy atom. The number of hydrogen-bond acceptors (Lipinski definition) is 7. The number of carbonyl (C=O) groups excluding carboxylic acids is 1. The highest BCUT2D eigenvalue weighted by atomic mass is 32.1. The number of rotatable bonds is 2. The van der Waals surface area contributed by atoms with Gasteiger partial charge in [-0.2, -0.15) is 8.75 Å². The summed E-state index contributed by atoms with van der Waals surface area (Å²) in [7, 11) is 1.58. The molecular weight excluding hydrogens is 280 g/mol. The van der Waals surface area contributed by atoms with Crippen LogP contribution in [0, 0.1) is 0 Å². The first-order valence-corrected chi connectivity index (χ1v) is 6.65. The van der Waals surface area contributed by atoms with E-state index in [1.807, 2.05) is 0 Å². The monoisotopic (exact) mass is 290 g/mol. The van der Waals surface area contributed by atoms with Crippen molar-refractivity contribution in [1.82, 2.24) is 18.3 Å². The molecule has 0 aliphatic rings. The van der Waals surface area contributed by atoms with Crippen molar-refractivity contribution in [2.24, 2.45) is 7.05 Å². The first kappa shape index (κ1) is 12.7. The summed E-state index contributed by atoms with van der Waals surface area (Å²) in [5.74, 6) is -0.727. The molecule has 7 nitrogen and oxygen atoms in total. The molecule has 20 heavy (non-hydrogen) atoms. The number of benzene rings is 1. The number of ether oxygens (including phenoxy) is 1. The lowest BCUT2D eigenvalue weighted by atomic mass is 10.2. The second kappa shape index (κ2) is 4.64. The fourth-order valence-electron chi connectivity index (χ4n) is 1.97.